The van der Waals surface area contributed by atoms with Crippen LogP contribution in [0.5, 0.6) is 5.75 Å². The Kier molecular flexibility index (Phi) is 6.45. The number of nitrogens with zero attached hydrogens (tertiary/aromatic N) is 2. The number of ether oxygens (including phenoxy) is 1. The van der Waals surface area contributed by atoms with E-state index in [9.17, 15) is 0 Å². The van der Waals surface area contributed by atoms with Crippen molar-refractivity contribution in [2.24, 2.45) is 5.10 Å². The molecule has 0 atom stereocenters. The number of hydrogen-bond donors (Lipinski definition) is 2. The lowest BCUT2D eigenvalue weighted by Gasteiger charge is -2.11. The highest BCUT2D eigenvalue weighted by atomic mass is 32.1. The number of aryl methyl sites for hydroxylation is 1. The molecule has 0 saturated heterocycles. The van der Waals surface area contributed by atoms with Gasteiger partial charge < -0.3 is 14.6 Å². The summed E-state index contributed by atoms with van der Waals surface area (Å²) in [5, 5.41) is 7.81. The van der Waals surface area contributed by atoms with Gasteiger partial charge in [0.25, 0.3) is 0 Å². The fourth-order valence-electron chi connectivity index (χ4n) is 3.01. The van der Waals surface area contributed by atoms with Gasteiger partial charge >= 0.3 is 0 Å². The van der Waals surface area contributed by atoms with Crippen molar-refractivity contribution < 1.29 is 4.74 Å². The molecule has 3 rings (SSSR count). The highest BCUT2D eigenvalue weighted by molar-refractivity contribution is 7.80. The minimum absolute atomic E-state index is 0.447. The van der Waals surface area contributed by atoms with Crippen LogP contribution < -0.4 is 15.5 Å². The lowest BCUT2D eigenvalue weighted by molar-refractivity contribution is 0.340. The number of rotatable bonds is 6. The predicted molar refractivity (Wildman–Crippen MR) is 120 cm³/mol. The molecular formula is C22H24N4OS. The lowest BCUT2D eigenvalue weighted by Crippen LogP contribution is -2.23. The largest absolute Gasteiger partial charge is 0.494 e. The van der Waals surface area contributed by atoms with Crippen molar-refractivity contribution in [2.75, 3.05) is 11.9 Å². The number of benzene rings is 2. The third-order valence-corrected chi connectivity index (χ3v) is 4.47. The number of anilines is 1. The first kappa shape index (κ1) is 19.6. The van der Waals surface area contributed by atoms with Gasteiger partial charge in [-0.25, -0.2) is 0 Å². The van der Waals surface area contributed by atoms with E-state index in [-0.39, 0.29) is 0 Å². The molecule has 0 unspecified atom stereocenters. The Labute approximate surface area is 171 Å². The molecule has 1 aromatic heterocycles. The molecule has 0 radical (unpaired) electrons. The zero-order valence-electron chi connectivity index (χ0n) is 16.3. The van der Waals surface area contributed by atoms with Gasteiger partial charge in [-0.1, -0.05) is 18.2 Å². The minimum Gasteiger partial charge on any atom is -0.494 e. The Hall–Kier alpha value is -3.12. The Morgan fingerprint density at radius 1 is 1.11 bits per heavy atom. The van der Waals surface area contributed by atoms with Crippen LogP contribution in [-0.2, 0) is 0 Å². The number of aromatic nitrogens is 1. The Morgan fingerprint density at radius 2 is 1.82 bits per heavy atom. The zero-order chi connectivity index (χ0) is 19.9. The predicted octanol–water partition coefficient (Wildman–Crippen LogP) is 4.81. The summed E-state index contributed by atoms with van der Waals surface area (Å²) in [6.07, 6.45) is 1.78. The van der Waals surface area contributed by atoms with E-state index in [0.717, 1.165) is 34.1 Å². The van der Waals surface area contributed by atoms with E-state index in [4.69, 9.17) is 17.0 Å². The quantitative estimate of drug-likeness (QED) is 0.359. The summed E-state index contributed by atoms with van der Waals surface area (Å²) >= 11 is 5.27. The highest BCUT2D eigenvalue weighted by Gasteiger charge is 2.09. The van der Waals surface area contributed by atoms with E-state index in [0.29, 0.717) is 11.7 Å². The van der Waals surface area contributed by atoms with Crippen molar-refractivity contribution in [3.05, 3.63) is 77.6 Å². The molecule has 0 fully saturated rings. The number of nitrogens with one attached hydrogen (secondary N) is 2. The summed E-state index contributed by atoms with van der Waals surface area (Å²) in [6, 6.07) is 19.9. The molecule has 1 heterocycles. The normalized spacial score (nSPS) is 10.8. The number of hydrogen-bond acceptors (Lipinski definition) is 3. The third-order valence-electron chi connectivity index (χ3n) is 4.28. The van der Waals surface area contributed by atoms with E-state index in [1.807, 2.05) is 49.4 Å². The van der Waals surface area contributed by atoms with E-state index in [1.165, 1.54) is 0 Å². The van der Waals surface area contributed by atoms with Gasteiger partial charge in [0, 0.05) is 28.3 Å². The summed E-state index contributed by atoms with van der Waals surface area (Å²) < 4.78 is 7.72. The Bertz CT molecular complexity index is 962. The molecule has 28 heavy (non-hydrogen) atoms. The second-order valence-corrected chi connectivity index (χ2v) is 6.69. The van der Waals surface area contributed by atoms with Gasteiger partial charge in [0.15, 0.2) is 5.11 Å². The van der Waals surface area contributed by atoms with Gasteiger partial charge in [-0.05, 0) is 75.5 Å². The first-order chi connectivity index (χ1) is 13.6. The highest BCUT2D eigenvalue weighted by Crippen LogP contribution is 2.22. The summed E-state index contributed by atoms with van der Waals surface area (Å²) in [5.41, 5.74) is 8.14. The van der Waals surface area contributed by atoms with Gasteiger partial charge in [-0.2, -0.15) is 5.10 Å². The summed E-state index contributed by atoms with van der Waals surface area (Å²) in [4.78, 5) is 0. The molecule has 3 aromatic rings. The summed E-state index contributed by atoms with van der Waals surface area (Å²) in [6.45, 7) is 6.80. The molecule has 6 heteroatoms. The molecule has 0 amide bonds. The summed E-state index contributed by atoms with van der Waals surface area (Å²) in [7, 11) is 0. The maximum Gasteiger partial charge on any atom is 0.191 e. The minimum atomic E-state index is 0.447. The molecule has 0 saturated carbocycles. The van der Waals surface area contributed by atoms with Crippen molar-refractivity contribution in [2.45, 2.75) is 20.8 Å². The molecule has 0 bridgehead atoms. The average molecular weight is 393 g/mol. The van der Waals surface area contributed by atoms with Crippen LogP contribution >= 0.6 is 12.2 Å². The van der Waals surface area contributed by atoms with Crippen molar-refractivity contribution in [1.29, 1.82) is 0 Å². The fourth-order valence-corrected chi connectivity index (χ4v) is 3.19. The molecule has 144 valence electrons. The first-order valence-electron chi connectivity index (χ1n) is 9.15. The lowest BCUT2D eigenvalue weighted by atomic mass is 10.2. The van der Waals surface area contributed by atoms with E-state index in [2.05, 4.69) is 52.5 Å². The molecule has 0 aliphatic rings. The number of thiocarbonyl (C=S) groups is 1. The number of hydrazone groups is 1. The zero-order valence-corrected chi connectivity index (χ0v) is 17.1. The van der Waals surface area contributed by atoms with Gasteiger partial charge in [-0.15, -0.1) is 0 Å². The van der Waals surface area contributed by atoms with Crippen LogP contribution in [-0.4, -0.2) is 22.5 Å². The second-order valence-electron chi connectivity index (χ2n) is 6.28. The monoisotopic (exact) mass is 392 g/mol. The van der Waals surface area contributed by atoms with Crippen LogP contribution in [0.1, 0.15) is 23.9 Å². The van der Waals surface area contributed by atoms with Gasteiger partial charge in [-0.3, -0.25) is 5.43 Å². The van der Waals surface area contributed by atoms with Crippen LogP contribution in [0.15, 0.2) is 65.8 Å². The van der Waals surface area contributed by atoms with Crippen LogP contribution in [0.2, 0.25) is 0 Å². The topological polar surface area (TPSA) is 50.6 Å². The summed E-state index contributed by atoms with van der Waals surface area (Å²) in [5.74, 6) is 0.874. The van der Waals surface area contributed by atoms with Crippen molar-refractivity contribution in [3.63, 3.8) is 0 Å². The van der Waals surface area contributed by atoms with Crippen LogP contribution in [0, 0.1) is 13.8 Å². The van der Waals surface area contributed by atoms with Crippen molar-refractivity contribution in [3.8, 4) is 11.4 Å². The fraction of sp³-hybridized carbons (Fsp3) is 0.182. The van der Waals surface area contributed by atoms with E-state index >= 15 is 0 Å². The maximum absolute atomic E-state index is 5.52. The van der Waals surface area contributed by atoms with E-state index in [1.54, 1.807) is 6.21 Å². The van der Waals surface area contributed by atoms with Gasteiger partial charge in [0.2, 0.25) is 0 Å². The molecule has 2 aromatic carbocycles. The van der Waals surface area contributed by atoms with Crippen molar-refractivity contribution in [1.82, 2.24) is 9.99 Å². The molecule has 0 aliphatic carbocycles. The SMILES string of the molecule is CCOc1ccc(-n2c(C)cc(/C=N/NC(=S)Nc3ccccc3)c2C)cc1. The standard InChI is InChI=1S/C22H24N4OS/c1-4-27-21-12-10-20(11-13-21)26-16(2)14-18(17(26)3)15-23-25-22(28)24-19-8-6-5-7-9-19/h5-15H,4H2,1-3H3,(H2,24,25,28)/b23-15+. The molecule has 0 aliphatic heterocycles. The van der Waals surface area contributed by atoms with Crippen LogP contribution in [0.4, 0.5) is 5.69 Å². The second kappa shape index (κ2) is 9.19. The first-order valence-corrected chi connectivity index (χ1v) is 9.56. The van der Waals surface area contributed by atoms with Gasteiger partial charge in [0.05, 0.1) is 12.8 Å². The molecule has 0 spiro atoms. The number of para-hydroxylation sites is 1. The van der Waals surface area contributed by atoms with Crippen molar-refractivity contribution >= 4 is 29.2 Å². The Balaban J connectivity index is 1.69. The Morgan fingerprint density at radius 3 is 2.50 bits per heavy atom. The average Bonchev–Trinajstić information content (AvgIpc) is 2.97. The molecular weight excluding hydrogens is 368 g/mol. The van der Waals surface area contributed by atoms with Gasteiger partial charge in [0.1, 0.15) is 5.75 Å². The van der Waals surface area contributed by atoms with E-state index < -0.39 is 0 Å². The van der Waals surface area contributed by atoms with Crippen LogP contribution in [0.3, 0.4) is 0 Å². The molecule has 2 N–H and O–H groups in total. The smallest absolute Gasteiger partial charge is 0.191 e. The third kappa shape index (κ3) is 4.78. The molecule has 5 nitrogen and oxygen atoms in total. The maximum atomic E-state index is 5.52. The van der Waals surface area contributed by atoms with Crippen LogP contribution in [0.25, 0.3) is 5.69 Å².